The van der Waals surface area contributed by atoms with Crippen molar-refractivity contribution in [1.29, 1.82) is 0 Å². The molecular weight excluding hydrogens is 540 g/mol. The number of fused-ring (bicyclic) bond motifs is 2. The topological polar surface area (TPSA) is 35.6 Å². The molecule has 2 aromatic heterocycles. The number of benzene rings is 2. The third-order valence-corrected chi connectivity index (χ3v) is 8.55. The standard InChI is InChI=1S/C27H34Br2N4/c1-5-7-11-17-32-21-14-10-9-13-20(21)30-25(32)27(3,4)26-31-24-22(16-15-19(28)23(24)29)33(26)18-12-8-6-2/h9-10,13-16H,5-8,11-12,17-18H2,1-4H3. The molecule has 0 aliphatic rings. The number of halogens is 2. The monoisotopic (exact) mass is 572 g/mol. The minimum absolute atomic E-state index is 0.345. The Morgan fingerprint density at radius 1 is 0.758 bits per heavy atom. The number of unbranched alkanes of at least 4 members (excludes halogenated alkanes) is 4. The molecule has 0 amide bonds. The molecule has 0 bridgehead atoms. The van der Waals surface area contributed by atoms with E-state index in [1.54, 1.807) is 0 Å². The van der Waals surface area contributed by atoms with Gasteiger partial charge in [0.15, 0.2) is 0 Å². The van der Waals surface area contributed by atoms with Gasteiger partial charge in [0.2, 0.25) is 0 Å². The van der Waals surface area contributed by atoms with E-state index in [0.717, 1.165) is 57.6 Å². The maximum atomic E-state index is 5.24. The molecule has 0 saturated heterocycles. The molecule has 0 aliphatic carbocycles. The van der Waals surface area contributed by atoms with Crippen molar-refractivity contribution in [3.05, 3.63) is 57.0 Å². The van der Waals surface area contributed by atoms with E-state index >= 15 is 0 Å². The number of hydrogen-bond acceptors (Lipinski definition) is 2. The van der Waals surface area contributed by atoms with Gasteiger partial charge in [-0.15, -0.1) is 0 Å². The van der Waals surface area contributed by atoms with Crippen molar-refractivity contribution < 1.29 is 0 Å². The number of aryl methyl sites for hydroxylation is 2. The minimum Gasteiger partial charge on any atom is -0.327 e. The van der Waals surface area contributed by atoms with E-state index < -0.39 is 0 Å². The number of nitrogens with zero attached hydrogens (tertiary/aromatic N) is 4. The number of imidazole rings is 2. The SMILES string of the molecule is CCCCCn1c(C(C)(C)c2nc3c(Br)c(Br)ccc3n2CCCCC)nc2ccccc21. The van der Waals surface area contributed by atoms with Gasteiger partial charge in [0.25, 0.3) is 0 Å². The van der Waals surface area contributed by atoms with Crippen LogP contribution >= 0.6 is 31.9 Å². The highest BCUT2D eigenvalue weighted by atomic mass is 79.9. The predicted octanol–water partition coefficient (Wildman–Crippen LogP) is 8.62. The molecule has 0 aliphatic heterocycles. The highest BCUT2D eigenvalue weighted by Crippen LogP contribution is 2.38. The largest absolute Gasteiger partial charge is 0.327 e. The molecule has 0 fully saturated rings. The van der Waals surface area contributed by atoms with E-state index in [4.69, 9.17) is 9.97 Å². The van der Waals surface area contributed by atoms with E-state index in [0.29, 0.717) is 0 Å². The Balaban J connectivity index is 1.90. The second kappa shape index (κ2) is 10.3. The summed E-state index contributed by atoms with van der Waals surface area (Å²) in [6, 6.07) is 12.8. The molecule has 176 valence electrons. The van der Waals surface area contributed by atoms with Crippen molar-refractivity contribution in [3.63, 3.8) is 0 Å². The van der Waals surface area contributed by atoms with Gasteiger partial charge in [-0.25, -0.2) is 9.97 Å². The normalized spacial score (nSPS) is 12.3. The van der Waals surface area contributed by atoms with Crippen molar-refractivity contribution in [3.8, 4) is 0 Å². The number of hydrogen-bond donors (Lipinski definition) is 0. The van der Waals surface area contributed by atoms with Crippen molar-refractivity contribution in [1.82, 2.24) is 19.1 Å². The summed E-state index contributed by atoms with van der Waals surface area (Å²) in [4.78, 5) is 10.4. The van der Waals surface area contributed by atoms with Crippen LogP contribution in [0.3, 0.4) is 0 Å². The minimum atomic E-state index is -0.345. The molecule has 0 radical (unpaired) electrons. The van der Waals surface area contributed by atoms with Crippen molar-refractivity contribution in [2.45, 2.75) is 84.7 Å². The second-order valence-electron chi connectivity index (χ2n) is 9.43. The highest BCUT2D eigenvalue weighted by molar-refractivity contribution is 9.13. The lowest BCUT2D eigenvalue weighted by atomic mass is 9.90. The first-order valence-corrected chi connectivity index (χ1v) is 13.8. The number of rotatable bonds is 10. The van der Waals surface area contributed by atoms with E-state index in [1.165, 1.54) is 36.7 Å². The van der Waals surface area contributed by atoms with Crippen LogP contribution in [0.1, 0.15) is 77.9 Å². The summed E-state index contributed by atoms with van der Waals surface area (Å²) in [6.07, 6.45) is 7.15. The van der Waals surface area contributed by atoms with Gasteiger partial charge in [0, 0.05) is 17.6 Å². The molecule has 2 aromatic carbocycles. The first kappa shape index (κ1) is 24.5. The molecule has 6 heteroatoms. The zero-order valence-corrected chi connectivity index (χ0v) is 23.3. The zero-order valence-electron chi connectivity index (χ0n) is 20.2. The molecule has 4 nitrogen and oxygen atoms in total. The second-order valence-corrected chi connectivity index (χ2v) is 11.1. The Bertz CT molecular complexity index is 1250. The Kier molecular flexibility index (Phi) is 7.64. The van der Waals surface area contributed by atoms with Gasteiger partial charge in [-0.1, -0.05) is 51.7 Å². The number of aromatic nitrogens is 4. The molecule has 0 spiro atoms. The third kappa shape index (κ3) is 4.66. The van der Waals surface area contributed by atoms with Crippen LogP contribution in [0.15, 0.2) is 45.3 Å². The summed E-state index contributed by atoms with van der Waals surface area (Å²) in [5.41, 5.74) is 4.13. The van der Waals surface area contributed by atoms with Crippen LogP contribution in [0.25, 0.3) is 22.1 Å². The van der Waals surface area contributed by atoms with E-state index in [-0.39, 0.29) is 5.41 Å². The molecule has 0 saturated carbocycles. The Labute approximate surface area is 214 Å². The molecule has 0 unspecified atom stereocenters. The van der Waals surface area contributed by atoms with Gasteiger partial charge in [-0.3, -0.25) is 0 Å². The maximum absolute atomic E-state index is 5.24. The van der Waals surface area contributed by atoms with Crippen molar-refractivity contribution in [2.75, 3.05) is 0 Å². The van der Waals surface area contributed by atoms with E-state index in [2.05, 4.69) is 105 Å². The molecule has 0 atom stereocenters. The average molecular weight is 574 g/mol. The average Bonchev–Trinajstić information content (AvgIpc) is 3.37. The quantitative estimate of drug-likeness (QED) is 0.178. The zero-order chi connectivity index (χ0) is 23.6. The van der Waals surface area contributed by atoms with Gasteiger partial charge in [0.1, 0.15) is 17.2 Å². The van der Waals surface area contributed by atoms with Crippen LogP contribution in [0.5, 0.6) is 0 Å². The highest BCUT2D eigenvalue weighted by Gasteiger charge is 2.35. The van der Waals surface area contributed by atoms with E-state index in [1.807, 2.05) is 0 Å². The summed E-state index contributed by atoms with van der Waals surface area (Å²) in [7, 11) is 0. The predicted molar refractivity (Wildman–Crippen MR) is 146 cm³/mol. The summed E-state index contributed by atoms with van der Waals surface area (Å²) in [6.45, 7) is 11.0. The summed E-state index contributed by atoms with van der Waals surface area (Å²) >= 11 is 7.44. The van der Waals surface area contributed by atoms with Gasteiger partial charge in [-0.05, 0) is 82.8 Å². The van der Waals surface area contributed by atoms with Crippen LogP contribution in [0.4, 0.5) is 0 Å². The first-order chi connectivity index (χ1) is 15.9. The molecule has 2 heterocycles. The van der Waals surface area contributed by atoms with Crippen LogP contribution in [-0.2, 0) is 18.5 Å². The van der Waals surface area contributed by atoms with Gasteiger partial charge >= 0.3 is 0 Å². The number of para-hydroxylation sites is 2. The summed E-state index contributed by atoms with van der Waals surface area (Å²) in [5, 5.41) is 0. The van der Waals surface area contributed by atoms with Crippen molar-refractivity contribution >= 4 is 53.9 Å². The van der Waals surface area contributed by atoms with Gasteiger partial charge in [0.05, 0.1) is 26.4 Å². The molecule has 33 heavy (non-hydrogen) atoms. The van der Waals surface area contributed by atoms with Crippen LogP contribution in [-0.4, -0.2) is 19.1 Å². The fourth-order valence-corrected chi connectivity index (χ4v) is 5.50. The molecule has 4 rings (SSSR count). The van der Waals surface area contributed by atoms with Crippen molar-refractivity contribution in [2.24, 2.45) is 0 Å². The third-order valence-electron chi connectivity index (χ3n) is 6.56. The lowest BCUT2D eigenvalue weighted by Gasteiger charge is -2.26. The smallest absolute Gasteiger partial charge is 0.123 e. The summed E-state index contributed by atoms with van der Waals surface area (Å²) in [5.74, 6) is 2.18. The Hall–Kier alpha value is -1.66. The molecular formula is C27H34Br2N4. The molecule has 0 N–H and O–H groups in total. The fourth-order valence-electron chi connectivity index (χ4n) is 4.76. The molecule has 4 aromatic rings. The Morgan fingerprint density at radius 3 is 2.03 bits per heavy atom. The lowest BCUT2D eigenvalue weighted by molar-refractivity contribution is 0.467. The lowest BCUT2D eigenvalue weighted by Crippen LogP contribution is -2.29. The summed E-state index contributed by atoms with van der Waals surface area (Å²) < 4.78 is 6.91. The van der Waals surface area contributed by atoms with Gasteiger partial charge < -0.3 is 9.13 Å². The van der Waals surface area contributed by atoms with E-state index in [9.17, 15) is 0 Å². The maximum Gasteiger partial charge on any atom is 0.123 e. The van der Waals surface area contributed by atoms with Crippen LogP contribution in [0, 0.1) is 0 Å². The van der Waals surface area contributed by atoms with Gasteiger partial charge in [-0.2, -0.15) is 0 Å². The first-order valence-electron chi connectivity index (χ1n) is 12.2. The van der Waals surface area contributed by atoms with Crippen LogP contribution in [0.2, 0.25) is 0 Å². The van der Waals surface area contributed by atoms with Crippen LogP contribution < -0.4 is 0 Å². The Morgan fingerprint density at radius 2 is 1.36 bits per heavy atom. The fraction of sp³-hybridized carbons (Fsp3) is 0.481.